The third-order valence-corrected chi connectivity index (χ3v) is 4.04. The lowest BCUT2D eigenvalue weighted by atomic mass is 10.2. The van der Waals surface area contributed by atoms with E-state index in [1.54, 1.807) is 6.20 Å². The summed E-state index contributed by atoms with van der Waals surface area (Å²) in [6, 6.07) is 2.10. The van der Waals surface area contributed by atoms with Crippen molar-refractivity contribution in [3.05, 3.63) is 18.5 Å². The van der Waals surface area contributed by atoms with Crippen LogP contribution >= 0.6 is 0 Å². The summed E-state index contributed by atoms with van der Waals surface area (Å²) in [6.07, 6.45) is 5.04. The predicted molar refractivity (Wildman–Crippen MR) is 89.3 cm³/mol. The Morgan fingerprint density at radius 3 is 2.74 bits per heavy atom. The van der Waals surface area contributed by atoms with E-state index in [0.29, 0.717) is 19.1 Å². The number of hydrogen-bond acceptors (Lipinski definition) is 4. The third-order valence-electron chi connectivity index (χ3n) is 4.04. The lowest BCUT2D eigenvalue weighted by molar-refractivity contribution is -0.0778. The van der Waals surface area contributed by atoms with Crippen LogP contribution in [0.5, 0.6) is 0 Å². The highest BCUT2D eigenvalue weighted by atomic mass is 16.5. The summed E-state index contributed by atoms with van der Waals surface area (Å²) in [5, 5.41) is 9.96. The summed E-state index contributed by atoms with van der Waals surface area (Å²) in [4.78, 5) is 14.2. The second-order valence-corrected chi connectivity index (χ2v) is 6.32. The van der Waals surface area contributed by atoms with Crippen molar-refractivity contribution in [2.45, 2.75) is 52.0 Å². The first-order valence-electron chi connectivity index (χ1n) is 8.43. The van der Waals surface area contributed by atoms with Crippen molar-refractivity contribution in [3.63, 3.8) is 0 Å². The predicted octanol–water partition coefficient (Wildman–Crippen LogP) is 1.07. The van der Waals surface area contributed by atoms with Gasteiger partial charge >= 0.3 is 6.03 Å². The molecule has 1 saturated heterocycles. The lowest BCUT2D eigenvalue weighted by Crippen LogP contribution is -2.53. The van der Waals surface area contributed by atoms with Crippen LogP contribution in [0, 0.1) is 0 Å². The number of aryl methyl sites for hydroxylation is 1. The van der Waals surface area contributed by atoms with Gasteiger partial charge in [0.05, 0.1) is 12.2 Å². The first-order valence-corrected chi connectivity index (χ1v) is 8.43. The van der Waals surface area contributed by atoms with Gasteiger partial charge in [0.15, 0.2) is 0 Å². The van der Waals surface area contributed by atoms with Crippen molar-refractivity contribution in [1.29, 1.82) is 0 Å². The minimum Gasteiger partial charge on any atom is -0.373 e. The van der Waals surface area contributed by atoms with Crippen LogP contribution < -0.4 is 10.6 Å². The number of carbonyl (C=O) groups is 1. The lowest BCUT2D eigenvalue weighted by Gasteiger charge is -2.38. The second-order valence-electron chi connectivity index (χ2n) is 6.32. The van der Waals surface area contributed by atoms with Gasteiger partial charge in [-0.05, 0) is 33.3 Å². The van der Waals surface area contributed by atoms with Crippen LogP contribution in [-0.4, -0.2) is 65.1 Å². The molecule has 130 valence electrons. The van der Waals surface area contributed by atoms with Crippen LogP contribution in [0.15, 0.2) is 18.5 Å². The van der Waals surface area contributed by atoms with E-state index < -0.39 is 0 Å². The monoisotopic (exact) mass is 323 g/mol. The number of carbonyl (C=O) groups excluding carboxylic acids is 1. The van der Waals surface area contributed by atoms with Gasteiger partial charge in [0.25, 0.3) is 0 Å². The molecule has 0 spiro atoms. The summed E-state index contributed by atoms with van der Waals surface area (Å²) in [5.41, 5.74) is 0. The van der Waals surface area contributed by atoms with E-state index in [9.17, 15) is 4.79 Å². The fraction of sp³-hybridized carbons (Fsp3) is 0.750. The minimum atomic E-state index is -0.105. The minimum absolute atomic E-state index is 0.105. The third kappa shape index (κ3) is 6.19. The molecule has 23 heavy (non-hydrogen) atoms. The van der Waals surface area contributed by atoms with E-state index in [4.69, 9.17) is 4.74 Å². The number of morpholine rings is 1. The Morgan fingerprint density at radius 1 is 1.35 bits per heavy atom. The molecule has 0 bridgehead atoms. The van der Waals surface area contributed by atoms with E-state index >= 15 is 0 Å². The number of ether oxygens (including phenoxy) is 1. The smallest absolute Gasteiger partial charge is 0.314 e. The molecular weight excluding hydrogens is 294 g/mol. The van der Waals surface area contributed by atoms with Gasteiger partial charge in [-0.25, -0.2) is 4.79 Å². The summed E-state index contributed by atoms with van der Waals surface area (Å²) in [7, 11) is 0. The van der Waals surface area contributed by atoms with Gasteiger partial charge in [-0.1, -0.05) is 0 Å². The Morgan fingerprint density at radius 2 is 2.09 bits per heavy atom. The first-order chi connectivity index (χ1) is 11.0. The quantitative estimate of drug-likeness (QED) is 0.736. The zero-order chi connectivity index (χ0) is 16.7. The van der Waals surface area contributed by atoms with Crippen molar-refractivity contribution >= 4 is 6.03 Å². The van der Waals surface area contributed by atoms with E-state index in [2.05, 4.69) is 41.4 Å². The molecule has 0 radical (unpaired) electrons. The Labute approximate surface area is 138 Å². The molecule has 1 aliphatic heterocycles. The average molecular weight is 323 g/mol. The zero-order valence-electron chi connectivity index (χ0n) is 14.4. The number of hydrogen-bond donors (Lipinski definition) is 2. The van der Waals surface area contributed by atoms with Gasteiger partial charge in [-0.3, -0.25) is 9.58 Å². The summed E-state index contributed by atoms with van der Waals surface area (Å²) in [6.45, 7) is 10.3. The van der Waals surface area contributed by atoms with E-state index in [0.717, 1.165) is 26.1 Å². The van der Waals surface area contributed by atoms with E-state index in [1.807, 2.05) is 16.9 Å². The summed E-state index contributed by atoms with van der Waals surface area (Å²) in [5.74, 6) is 0. The van der Waals surface area contributed by atoms with E-state index in [-0.39, 0.29) is 18.2 Å². The standard InChI is InChI=1S/C16H29N5O2/c1-13(20-11-14(2)23-15(3)12-20)10-18-16(22)17-6-4-8-21-9-5-7-19-21/h5,7,9,13-15H,4,6,8,10-12H2,1-3H3,(H2,17,18,22)/t13-,14+,15+/m0/s1. The number of urea groups is 1. The normalized spacial score (nSPS) is 23.4. The topological polar surface area (TPSA) is 71.4 Å². The fourth-order valence-electron chi connectivity index (χ4n) is 2.89. The van der Waals surface area contributed by atoms with Crippen LogP contribution in [0.1, 0.15) is 27.2 Å². The molecule has 2 rings (SSSR count). The number of rotatable bonds is 7. The van der Waals surface area contributed by atoms with Crippen molar-refractivity contribution < 1.29 is 9.53 Å². The maximum Gasteiger partial charge on any atom is 0.314 e. The van der Waals surface area contributed by atoms with Crippen molar-refractivity contribution in [1.82, 2.24) is 25.3 Å². The van der Waals surface area contributed by atoms with Gasteiger partial charge in [-0.15, -0.1) is 0 Å². The molecule has 3 atom stereocenters. The molecule has 0 aliphatic carbocycles. The Hall–Kier alpha value is -1.60. The van der Waals surface area contributed by atoms with Gasteiger partial charge in [0, 0.05) is 51.2 Å². The molecule has 2 heterocycles. The molecule has 0 aromatic carbocycles. The van der Waals surface area contributed by atoms with Crippen LogP contribution in [-0.2, 0) is 11.3 Å². The first kappa shape index (κ1) is 17.7. The van der Waals surface area contributed by atoms with Gasteiger partial charge in [-0.2, -0.15) is 5.10 Å². The highest BCUT2D eigenvalue weighted by molar-refractivity contribution is 5.73. The molecule has 1 aliphatic rings. The molecule has 0 saturated carbocycles. The van der Waals surface area contributed by atoms with E-state index in [1.165, 1.54) is 0 Å². The second kappa shape index (κ2) is 8.88. The largest absolute Gasteiger partial charge is 0.373 e. The highest BCUT2D eigenvalue weighted by Crippen LogP contribution is 2.13. The number of amides is 2. The number of nitrogens with one attached hydrogen (secondary N) is 2. The maximum atomic E-state index is 11.8. The Kier molecular flexibility index (Phi) is 6.85. The fourth-order valence-corrected chi connectivity index (χ4v) is 2.89. The zero-order valence-corrected chi connectivity index (χ0v) is 14.4. The van der Waals surface area contributed by atoms with Crippen LogP contribution in [0.3, 0.4) is 0 Å². The summed E-state index contributed by atoms with van der Waals surface area (Å²) < 4.78 is 7.60. The molecule has 1 aromatic rings. The SMILES string of the molecule is C[C@@H]1CN([C@@H](C)CNC(=O)NCCCn2cccn2)C[C@@H](C)O1. The molecular formula is C16H29N5O2. The van der Waals surface area contributed by atoms with Gasteiger partial charge in [0.1, 0.15) is 0 Å². The van der Waals surface area contributed by atoms with Crippen LogP contribution in [0.4, 0.5) is 4.79 Å². The Balaban J connectivity index is 1.58. The molecule has 7 heteroatoms. The Bertz CT molecular complexity index is 455. The highest BCUT2D eigenvalue weighted by Gasteiger charge is 2.25. The van der Waals surface area contributed by atoms with Crippen molar-refractivity contribution in [2.24, 2.45) is 0 Å². The van der Waals surface area contributed by atoms with Gasteiger partial charge < -0.3 is 15.4 Å². The molecule has 7 nitrogen and oxygen atoms in total. The van der Waals surface area contributed by atoms with Gasteiger partial charge in [0.2, 0.25) is 0 Å². The average Bonchev–Trinajstić information content (AvgIpc) is 3.01. The van der Waals surface area contributed by atoms with Crippen LogP contribution in [0.2, 0.25) is 0 Å². The number of nitrogens with zero attached hydrogens (tertiary/aromatic N) is 3. The summed E-state index contributed by atoms with van der Waals surface area (Å²) >= 11 is 0. The molecule has 2 N–H and O–H groups in total. The van der Waals surface area contributed by atoms with Crippen molar-refractivity contribution in [3.8, 4) is 0 Å². The molecule has 2 amide bonds. The number of aromatic nitrogens is 2. The van der Waals surface area contributed by atoms with Crippen molar-refractivity contribution in [2.75, 3.05) is 26.2 Å². The van der Waals surface area contributed by atoms with Crippen LogP contribution in [0.25, 0.3) is 0 Å². The maximum absolute atomic E-state index is 11.8. The molecule has 1 fully saturated rings. The molecule has 0 unspecified atom stereocenters. The molecule has 1 aromatic heterocycles.